The molecule has 2 heteroatoms. The Morgan fingerprint density at radius 3 is 1.79 bits per heavy atom. The van der Waals surface area contributed by atoms with E-state index in [2.05, 4.69) is 0 Å². The van der Waals surface area contributed by atoms with Crippen LogP contribution in [0.15, 0.2) is 54.6 Å². The quantitative estimate of drug-likeness (QED) is 0.611. The van der Waals surface area contributed by atoms with E-state index in [1.807, 2.05) is 54.6 Å². The summed E-state index contributed by atoms with van der Waals surface area (Å²) in [7, 11) is 0. The molecule has 0 radical (unpaired) electrons. The number of aliphatic hydroxyl groups is 1. The molecule has 0 bridgehead atoms. The van der Waals surface area contributed by atoms with Crippen molar-refractivity contribution < 1.29 is 9.90 Å². The van der Waals surface area contributed by atoms with Crippen molar-refractivity contribution in [2.24, 2.45) is 11.8 Å². The molecule has 0 heterocycles. The number of ketones is 1. The van der Waals surface area contributed by atoms with Gasteiger partial charge < -0.3 is 5.11 Å². The molecule has 2 fully saturated rings. The first-order valence-electron chi connectivity index (χ1n) is 11.1. The largest absolute Gasteiger partial charge is 0.381 e. The lowest BCUT2D eigenvalue weighted by Crippen LogP contribution is -2.53. The minimum Gasteiger partial charge on any atom is -0.381 e. The van der Waals surface area contributed by atoms with Crippen molar-refractivity contribution in [2.45, 2.75) is 69.8 Å². The van der Waals surface area contributed by atoms with Crippen molar-refractivity contribution in [2.75, 3.05) is 0 Å². The molecule has 0 unspecified atom stereocenters. The number of carbonyl (C=O) groups excluding carboxylic acids is 1. The molecule has 4 rings (SSSR count). The van der Waals surface area contributed by atoms with Crippen molar-refractivity contribution in [3.63, 3.8) is 0 Å². The first-order chi connectivity index (χ1) is 13.7. The van der Waals surface area contributed by atoms with Gasteiger partial charge in [-0.2, -0.15) is 0 Å². The molecule has 0 atom stereocenters. The molecular weight excluding hydrogens is 344 g/mol. The molecule has 2 aromatic carbocycles. The molecule has 0 saturated heterocycles. The summed E-state index contributed by atoms with van der Waals surface area (Å²) in [4.78, 5) is 14.0. The second kappa shape index (κ2) is 8.61. The summed E-state index contributed by atoms with van der Waals surface area (Å²) < 4.78 is 0. The average molecular weight is 377 g/mol. The highest BCUT2D eigenvalue weighted by atomic mass is 16.3. The van der Waals surface area contributed by atoms with Crippen LogP contribution in [0, 0.1) is 11.8 Å². The third kappa shape index (κ3) is 3.67. The Labute approximate surface area is 169 Å². The van der Waals surface area contributed by atoms with Crippen LogP contribution >= 0.6 is 0 Å². The number of Topliss-reactive ketones (excluding diaryl/α,β-unsaturated/α-hetero) is 1. The maximum atomic E-state index is 14.0. The molecule has 2 aliphatic carbocycles. The van der Waals surface area contributed by atoms with Crippen LogP contribution in [0.25, 0.3) is 11.1 Å². The van der Waals surface area contributed by atoms with E-state index in [4.69, 9.17) is 0 Å². The van der Waals surface area contributed by atoms with Crippen LogP contribution in [0.3, 0.4) is 0 Å². The molecule has 2 aliphatic rings. The van der Waals surface area contributed by atoms with Gasteiger partial charge >= 0.3 is 0 Å². The predicted octanol–water partition coefficient (Wildman–Crippen LogP) is 6.43. The predicted molar refractivity (Wildman–Crippen MR) is 114 cm³/mol. The smallest absolute Gasteiger partial charge is 0.195 e. The maximum Gasteiger partial charge on any atom is 0.195 e. The van der Waals surface area contributed by atoms with Gasteiger partial charge in [0.15, 0.2) is 5.78 Å². The fourth-order valence-electron chi connectivity index (χ4n) is 5.56. The summed E-state index contributed by atoms with van der Waals surface area (Å²) in [6.07, 6.45) is 10.9. The molecule has 0 aliphatic heterocycles. The van der Waals surface area contributed by atoms with E-state index in [0.717, 1.165) is 62.5 Å². The van der Waals surface area contributed by atoms with E-state index >= 15 is 0 Å². The first-order valence-corrected chi connectivity index (χ1v) is 11.1. The Balaban J connectivity index is 1.76. The second-order valence-corrected chi connectivity index (χ2v) is 8.74. The Morgan fingerprint density at radius 2 is 1.21 bits per heavy atom. The van der Waals surface area contributed by atoms with Crippen LogP contribution in [0.5, 0.6) is 0 Å². The van der Waals surface area contributed by atoms with E-state index < -0.39 is 5.60 Å². The molecule has 0 spiro atoms. The van der Waals surface area contributed by atoms with Gasteiger partial charge in [-0.1, -0.05) is 93.1 Å². The van der Waals surface area contributed by atoms with Crippen molar-refractivity contribution in [3.05, 3.63) is 60.2 Å². The molecule has 2 nitrogen and oxygen atoms in total. The Morgan fingerprint density at radius 1 is 0.714 bits per heavy atom. The normalized spacial score (nSPS) is 19.5. The van der Waals surface area contributed by atoms with Gasteiger partial charge in [0.25, 0.3) is 0 Å². The zero-order chi connectivity index (χ0) is 19.4. The van der Waals surface area contributed by atoms with Gasteiger partial charge in [0.2, 0.25) is 0 Å². The Hall–Kier alpha value is -1.93. The summed E-state index contributed by atoms with van der Waals surface area (Å²) in [5.41, 5.74) is 1.46. The zero-order valence-electron chi connectivity index (χ0n) is 16.8. The van der Waals surface area contributed by atoms with Crippen molar-refractivity contribution >= 4 is 5.78 Å². The molecule has 148 valence electrons. The molecule has 0 amide bonds. The fraction of sp³-hybridized carbons (Fsp3) is 0.500. The molecule has 2 saturated carbocycles. The Kier molecular flexibility index (Phi) is 5.96. The summed E-state index contributed by atoms with van der Waals surface area (Å²) >= 11 is 0. The lowest BCUT2D eigenvalue weighted by atomic mass is 9.63. The van der Waals surface area contributed by atoms with Crippen LogP contribution in [0.4, 0.5) is 0 Å². The van der Waals surface area contributed by atoms with Crippen LogP contribution in [0.2, 0.25) is 0 Å². The minimum atomic E-state index is -1.22. The van der Waals surface area contributed by atoms with E-state index in [0.29, 0.717) is 5.56 Å². The summed E-state index contributed by atoms with van der Waals surface area (Å²) in [5.74, 6) is 0.159. The highest BCUT2D eigenvalue weighted by molar-refractivity contribution is 6.07. The molecule has 0 aromatic heterocycles. The van der Waals surface area contributed by atoms with E-state index in [9.17, 15) is 9.90 Å². The second-order valence-electron chi connectivity index (χ2n) is 8.74. The Bertz CT molecular complexity index is 765. The van der Waals surface area contributed by atoms with Gasteiger partial charge in [-0.15, -0.1) is 0 Å². The van der Waals surface area contributed by atoms with Gasteiger partial charge in [0.1, 0.15) is 5.60 Å². The number of benzene rings is 2. The lowest BCUT2D eigenvalue weighted by molar-refractivity contribution is -0.0624. The third-order valence-corrected chi connectivity index (χ3v) is 7.08. The molecule has 2 aromatic rings. The van der Waals surface area contributed by atoms with Crippen molar-refractivity contribution in [1.82, 2.24) is 0 Å². The first kappa shape index (κ1) is 19.4. The number of hydrogen-bond acceptors (Lipinski definition) is 2. The van der Waals surface area contributed by atoms with Gasteiger partial charge in [0, 0.05) is 5.56 Å². The molecular formula is C26H32O2. The highest BCUT2D eigenvalue weighted by Gasteiger charge is 2.50. The third-order valence-electron chi connectivity index (χ3n) is 7.08. The van der Waals surface area contributed by atoms with Gasteiger partial charge in [-0.25, -0.2) is 0 Å². The SMILES string of the molecule is O=C(c1ccccc1-c1ccccc1)C(O)(C1CCCCC1)C1CCCCC1. The van der Waals surface area contributed by atoms with Gasteiger partial charge in [0.05, 0.1) is 0 Å². The van der Waals surface area contributed by atoms with Gasteiger partial charge in [-0.3, -0.25) is 4.79 Å². The van der Waals surface area contributed by atoms with Crippen LogP contribution in [-0.2, 0) is 0 Å². The lowest BCUT2D eigenvalue weighted by Gasteiger charge is -2.44. The van der Waals surface area contributed by atoms with Crippen LogP contribution in [0.1, 0.15) is 74.6 Å². The number of hydrogen-bond donors (Lipinski definition) is 1. The van der Waals surface area contributed by atoms with E-state index in [1.165, 1.54) is 12.8 Å². The standard InChI is InChI=1S/C26H32O2/c27-25(24-19-11-10-18-23(24)20-12-4-1-5-13-20)26(28,21-14-6-2-7-15-21)22-16-8-3-9-17-22/h1,4-5,10-13,18-19,21-22,28H,2-3,6-9,14-17H2. The fourth-order valence-corrected chi connectivity index (χ4v) is 5.56. The minimum absolute atomic E-state index is 0.0363. The summed E-state index contributed by atoms with van der Waals surface area (Å²) in [5, 5.41) is 12.1. The topological polar surface area (TPSA) is 37.3 Å². The van der Waals surface area contributed by atoms with Gasteiger partial charge in [-0.05, 0) is 48.6 Å². The number of carbonyl (C=O) groups is 1. The summed E-state index contributed by atoms with van der Waals surface area (Å²) in [6, 6.07) is 18.0. The van der Waals surface area contributed by atoms with E-state index in [-0.39, 0.29) is 17.6 Å². The number of rotatable bonds is 5. The monoisotopic (exact) mass is 376 g/mol. The van der Waals surface area contributed by atoms with E-state index in [1.54, 1.807) is 0 Å². The molecule has 28 heavy (non-hydrogen) atoms. The highest BCUT2D eigenvalue weighted by Crippen LogP contribution is 2.45. The summed E-state index contributed by atoms with van der Waals surface area (Å²) in [6.45, 7) is 0. The van der Waals surface area contributed by atoms with Crippen molar-refractivity contribution in [3.8, 4) is 11.1 Å². The van der Waals surface area contributed by atoms with Crippen LogP contribution < -0.4 is 0 Å². The zero-order valence-corrected chi connectivity index (χ0v) is 16.8. The van der Waals surface area contributed by atoms with Crippen LogP contribution in [-0.4, -0.2) is 16.5 Å². The van der Waals surface area contributed by atoms with Crippen molar-refractivity contribution in [1.29, 1.82) is 0 Å². The average Bonchev–Trinajstić information content (AvgIpc) is 2.80. The maximum absolute atomic E-state index is 14.0. The molecule has 1 N–H and O–H groups in total.